The average Bonchev–Trinajstić information content (AvgIpc) is 2.30. The number of aromatic nitrogens is 2. The van der Waals surface area contributed by atoms with Crippen molar-refractivity contribution < 1.29 is 0 Å². The lowest BCUT2D eigenvalue weighted by Gasteiger charge is -2.28. The summed E-state index contributed by atoms with van der Waals surface area (Å²) in [6, 6.07) is 0. The predicted molar refractivity (Wildman–Crippen MR) is 56.3 cm³/mol. The van der Waals surface area contributed by atoms with Crippen LogP contribution in [0.3, 0.4) is 0 Å². The number of piperidine rings is 1. The highest BCUT2D eigenvalue weighted by atomic mass is 15.2. The van der Waals surface area contributed by atoms with E-state index in [1.54, 1.807) is 0 Å². The lowest BCUT2D eigenvalue weighted by molar-refractivity contribution is 0.571. The van der Waals surface area contributed by atoms with E-state index in [9.17, 15) is 0 Å². The lowest BCUT2D eigenvalue weighted by Crippen LogP contribution is -2.31. The van der Waals surface area contributed by atoms with Crippen LogP contribution in [-0.2, 0) is 6.42 Å². The van der Waals surface area contributed by atoms with Gasteiger partial charge in [-0.25, -0.2) is 9.97 Å². The van der Waals surface area contributed by atoms with Crippen molar-refractivity contribution in [3.8, 4) is 0 Å². The molecule has 75 valence electrons. The molecule has 0 N–H and O–H groups in total. The topological polar surface area (TPSA) is 29.0 Å². The molecular weight excluding hydrogens is 174 g/mol. The minimum atomic E-state index is 1.00. The highest BCUT2D eigenvalue weighted by Gasteiger charge is 2.14. The van der Waals surface area contributed by atoms with Crippen LogP contribution >= 0.6 is 0 Å². The molecule has 1 aromatic rings. The van der Waals surface area contributed by atoms with Crippen LogP contribution in [0.2, 0.25) is 0 Å². The van der Waals surface area contributed by atoms with Gasteiger partial charge in [0.2, 0.25) is 0 Å². The van der Waals surface area contributed by atoms with E-state index in [2.05, 4.69) is 28.1 Å². The van der Waals surface area contributed by atoms with Crippen LogP contribution in [0.5, 0.6) is 0 Å². The fraction of sp³-hybridized carbons (Fsp3) is 0.636. The Kier molecular flexibility index (Phi) is 2.96. The zero-order chi connectivity index (χ0) is 9.80. The first-order valence-corrected chi connectivity index (χ1v) is 5.38. The molecule has 1 aliphatic rings. The number of hydrogen-bond acceptors (Lipinski definition) is 3. The molecule has 0 bridgehead atoms. The van der Waals surface area contributed by atoms with Crippen molar-refractivity contribution in [3.63, 3.8) is 0 Å². The molecule has 1 aliphatic heterocycles. The number of aryl methyl sites for hydroxylation is 1. The molecule has 3 heteroatoms. The molecule has 0 spiro atoms. The number of rotatable bonds is 2. The van der Waals surface area contributed by atoms with Crippen molar-refractivity contribution in [2.45, 2.75) is 32.6 Å². The third-order valence-corrected chi connectivity index (χ3v) is 2.76. The smallest absolute Gasteiger partial charge is 0.199 e. The Labute approximate surface area is 85.2 Å². The van der Waals surface area contributed by atoms with E-state index in [4.69, 9.17) is 0 Å². The van der Waals surface area contributed by atoms with Crippen molar-refractivity contribution in [1.82, 2.24) is 9.97 Å². The van der Waals surface area contributed by atoms with Gasteiger partial charge in [-0.2, -0.15) is 0 Å². The summed E-state index contributed by atoms with van der Waals surface area (Å²) in [6.45, 7) is 4.42. The Morgan fingerprint density at radius 2 is 2.14 bits per heavy atom. The third-order valence-electron chi connectivity index (χ3n) is 2.76. The van der Waals surface area contributed by atoms with Crippen LogP contribution in [-0.4, -0.2) is 23.1 Å². The summed E-state index contributed by atoms with van der Waals surface area (Å²) in [7, 11) is 0. The average molecular weight is 190 g/mol. The van der Waals surface area contributed by atoms with E-state index in [0.29, 0.717) is 0 Å². The summed E-state index contributed by atoms with van der Waals surface area (Å²) >= 11 is 0. The molecule has 1 saturated heterocycles. The van der Waals surface area contributed by atoms with Gasteiger partial charge in [0.25, 0.3) is 0 Å². The molecule has 1 radical (unpaired) electrons. The molecular formula is C11H16N3. The van der Waals surface area contributed by atoms with Gasteiger partial charge < -0.3 is 4.90 Å². The summed E-state index contributed by atoms with van der Waals surface area (Å²) < 4.78 is 0. The molecule has 0 saturated carbocycles. The van der Waals surface area contributed by atoms with Crippen molar-refractivity contribution >= 4 is 5.82 Å². The largest absolute Gasteiger partial charge is 0.356 e. The summed E-state index contributed by atoms with van der Waals surface area (Å²) in [5.41, 5.74) is 1.24. The Morgan fingerprint density at radius 1 is 1.36 bits per heavy atom. The van der Waals surface area contributed by atoms with Crippen LogP contribution in [0.1, 0.15) is 31.7 Å². The van der Waals surface area contributed by atoms with Crippen LogP contribution in [0.25, 0.3) is 0 Å². The van der Waals surface area contributed by atoms with Crippen molar-refractivity contribution in [2.24, 2.45) is 0 Å². The van der Waals surface area contributed by atoms with Gasteiger partial charge in [0.1, 0.15) is 5.82 Å². The van der Waals surface area contributed by atoms with E-state index in [0.717, 1.165) is 25.3 Å². The van der Waals surface area contributed by atoms with E-state index >= 15 is 0 Å². The Hall–Kier alpha value is -1.12. The summed E-state index contributed by atoms with van der Waals surface area (Å²) in [6.07, 6.45) is 9.50. The standard InChI is InChI=1S/C11H16N3/c1-2-10-8-12-9-13-11(10)14-6-4-3-5-7-14/h8H,2-7H2,1H3. The van der Waals surface area contributed by atoms with Crippen molar-refractivity contribution in [2.75, 3.05) is 18.0 Å². The minimum Gasteiger partial charge on any atom is -0.356 e. The fourth-order valence-electron chi connectivity index (χ4n) is 1.94. The quantitative estimate of drug-likeness (QED) is 0.712. The van der Waals surface area contributed by atoms with E-state index in [1.165, 1.54) is 24.8 Å². The normalized spacial score (nSPS) is 17.1. The molecule has 0 amide bonds. The summed E-state index contributed by atoms with van der Waals surface area (Å²) in [4.78, 5) is 10.6. The van der Waals surface area contributed by atoms with Crippen molar-refractivity contribution in [1.29, 1.82) is 0 Å². The molecule has 1 fully saturated rings. The molecule has 0 unspecified atom stereocenters. The summed E-state index contributed by atoms with van der Waals surface area (Å²) in [5.74, 6) is 1.10. The van der Waals surface area contributed by atoms with Crippen molar-refractivity contribution in [3.05, 3.63) is 18.1 Å². The second-order valence-corrected chi connectivity index (χ2v) is 3.72. The first-order chi connectivity index (χ1) is 6.92. The lowest BCUT2D eigenvalue weighted by atomic mass is 10.1. The van der Waals surface area contributed by atoms with Gasteiger partial charge in [-0.15, -0.1) is 0 Å². The Bertz CT molecular complexity index is 292. The third kappa shape index (κ3) is 1.86. The monoisotopic (exact) mass is 190 g/mol. The number of hydrogen-bond donors (Lipinski definition) is 0. The van der Waals surface area contributed by atoms with E-state index in [1.807, 2.05) is 6.20 Å². The van der Waals surface area contributed by atoms with Gasteiger partial charge in [-0.05, 0) is 25.7 Å². The minimum absolute atomic E-state index is 1.00. The van der Waals surface area contributed by atoms with Gasteiger partial charge in [0, 0.05) is 24.8 Å². The maximum Gasteiger partial charge on any atom is 0.199 e. The molecule has 0 aliphatic carbocycles. The predicted octanol–water partition coefficient (Wildman–Crippen LogP) is 1.83. The van der Waals surface area contributed by atoms with Gasteiger partial charge in [-0.3, -0.25) is 0 Å². The van der Waals surface area contributed by atoms with Crippen LogP contribution in [0, 0.1) is 6.33 Å². The molecule has 14 heavy (non-hydrogen) atoms. The SMILES string of the molecule is CCc1cn[c]nc1N1CCCCC1. The Balaban J connectivity index is 2.20. The molecule has 0 aromatic carbocycles. The molecule has 3 nitrogen and oxygen atoms in total. The molecule has 0 atom stereocenters. The van der Waals surface area contributed by atoms with E-state index < -0.39 is 0 Å². The maximum atomic E-state index is 4.26. The highest BCUT2D eigenvalue weighted by Crippen LogP contribution is 2.20. The zero-order valence-corrected chi connectivity index (χ0v) is 8.66. The van der Waals surface area contributed by atoms with E-state index in [-0.39, 0.29) is 0 Å². The van der Waals surface area contributed by atoms with Crippen LogP contribution < -0.4 is 4.90 Å². The number of anilines is 1. The molecule has 1 aromatic heterocycles. The Morgan fingerprint density at radius 3 is 2.86 bits per heavy atom. The first-order valence-electron chi connectivity index (χ1n) is 5.38. The highest BCUT2D eigenvalue weighted by molar-refractivity contribution is 5.45. The first kappa shape index (κ1) is 9.44. The second-order valence-electron chi connectivity index (χ2n) is 3.72. The second kappa shape index (κ2) is 4.40. The van der Waals surface area contributed by atoms with Gasteiger partial charge in [-0.1, -0.05) is 6.92 Å². The number of nitrogens with zero attached hydrogens (tertiary/aromatic N) is 3. The molecule has 2 rings (SSSR count). The fourth-order valence-corrected chi connectivity index (χ4v) is 1.94. The van der Waals surface area contributed by atoms with Gasteiger partial charge in [0.05, 0.1) is 0 Å². The molecule has 2 heterocycles. The van der Waals surface area contributed by atoms with Gasteiger partial charge in [0.15, 0.2) is 6.33 Å². The van der Waals surface area contributed by atoms with Gasteiger partial charge >= 0.3 is 0 Å². The maximum absolute atomic E-state index is 4.26. The zero-order valence-electron chi connectivity index (χ0n) is 8.66. The van der Waals surface area contributed by atoms with Crippen LogP contribution in [0.15, 0.2) is 6.20 Å². The van der Waals surface area contributed by atoms with Crippen LogP contribution in [0.4, 0.5) is 5.82 Å². The summed E-state index contributed by atoms with van der Waals surface area (Å²) in [5, 5.41) is 0.